The number of rotatable bonds is 7. The maximum atomic E-state index is 12.9. The van der Waals surface area contributed by atoms with Gasteiger partial charge >= 0.3 is 0 Å². The van der Waals surface area contributed by atoms with Gasteiger partial charge in [0.05, 0.1) is 45.1 Å². The maximum Gasteiger partial charge on any atom is 0.236 e. The first-order chi connectivity index (χ1) is 13.6. The van der Waals surface area contributed by atoms with Crippen molar-refractivity contribution in [3.05, 3.63) is 24.3 Å². The molecule has 1 N–H and O–H groups in total. The molecule has 1 aliphatic heterocycles. The Hall–Kier alpha value is -2.06. The average Bonchev–Trinajstić information content (AvgIpc) is 3.15. The highest BCUT2D eigenvalue weighted by molar-refractivity contribution is 8.00. The molecule has 0 spiro atoms. The molecule has 3 rings (SSSR count). The quantitative estimate of drug-likeness (QED) is 0.703. The van der Waals surface area contributed by atoms with Gasteiger partial charge in [-0.1, -0.05) is 11.8 Å². The Labute approximate surface area is 171 Å². The number of aromatic nitrogens is 3. The lowest BCUT2D eigenvalue weighted by Gasteiger charge is -2.32. The van der Waals surface area contributed by atoms with Gasteiger partial charge in [-0.3, -0.25) is 4.79 Å². The molecule has 0 bridgehead atoms. The summed E-state index contributed by atoms with van der Waals surface area (Å²) in [6.45, 7) is 11.8. The fourth-order valence-electron chi connectivity index (χ4n) is 3.48. The fraction of sp³-hybridized carbons (Fsp3) is 0.550. The van der Waals surface area contributed by atoms with Gasteiger partial charge in [-0.2, -0.15) is 0 Å². The second-order valence-corrected chi connectivity index (χ2v) is 8.28. The molecule has 152 valence electrons. The van der Waals surface area contributed by atoms with E-state index in [1.165, 1.54) is 11.8 Å². The van der Waals surface area contributed by atoms with Gasteiger partial charge < -0.3 is 19.1 Å². The van der Waals surface area contributed by atoms with Gasteiger partial charge in [0.2, 0.25) is 5.91 Å². The molecule has 8 heteroatoms. The smallest absolute Gasteiger partial charge is 0.236 e. The van der Waals surface area contributed by atoms with E-state index in [1.807, 2.05) is 36.1 Å². The van der Waals surface area contributed by atoms with Crippen LogP contribution in [0.1, 0.15) is 20.8 Å². The van der Waals surface area contributed by atoms with Gasteiger partial charge in [-0.25, -0.2) is 0 Å². The molecule has 2 aromatic rings. The predicted molar refractivity (Wildman–Crippen MR) is 111 cm³/mol. The van der Waals surface area contributed by atoms with E-state index >= 15 is 0 Å². The van der Waals surface area contributed by atoms with Crippen molar-refractivity contribution in [2.45, 2.75) is 37.7 Å². The third-order valence-corrected chi connectivity index (χ3v) is 6.36. The second-order valence-electron chi connectivity index (χ2n) is 6.97. The minimum atomic E-state index is -0.179. The Morgan fingerprint density at radius 2 is 1.89 bits per heavy atom. The van der Waals surface area contributed by atoms with E-state index in [0.717, 1.165) is 61.6 Å². The molecule has 1 aromatic carbocycles. The van der Waals surface area contributed by atoms with Gasteiger partial charge in [0.25, 0.3) is 0 Å². The van der Waals surface area contributed by atoms with Crippen LogP contribution < -0.4 is 9.64 Å². The molecule has 0 unspecified atom stereocenters. The van der Waals surface area contributed by atoms with E-state index in [4.69, 9.17) is 4.74 Å². The van der Waals surface area contributed by atoms with Crippen LogP contribution in [0.25, 0.3) is 11.4 Å². The first-order valence-corrected chi connectivity index (χ1v) is 10.8. The van der Waals surface area contributed by atoms with Gasteiger partial charge in [-0.15, -0.1) is 10.2 Å². The standard InChI is InChI=1S/C20H29N5O2S/c1-5-23-11-13-24(14-12-23)19(26)15(3)28-20-22-21-18(25(20)6-2)16-7-9-17(27-4)10-8-16/h7-10,15H,5-6,11-14H2,1-4H3/p+1/t15-/m0/s1. The number of nitrogens with zero attached hydrogens (tertiary/aromatic N) is 4. The number of thioether (sulfide) groups is 1. The second kappa shape index (κ2) is 9.43. The van der Waals surface area contributed by atoms with E-state index in [1.54, 1.807) is 12.0 Å². The summed E-state index contributed by atoms with van der Waals surface area (Å²) in [7, 11) is 1.65. The lowest BCUT2D eigenvalue weighted by Crippen LogP contribution is -3.14. The molecule has 2 heterocycles. The molecule has 0 radical (unpaired) electrons. The molecule has 7 nitrogen and oxygen atoms in total. The van der Waals surface area contributed by atoms with Crippen LogP contribution in [0.5, 0.6) is 5.75 Å². The third-order valence-electron chi connectivity index (χ3n) is 5.29. The largest absolute Gasteiger partial charge is 0.497 e. The number of methoxy groups -OCH3 is 1. The van der Waals surface area contributed by atoms with Crippen LogP contribution >= 0.6 is 11.8 Å². The molecule has 0 saturated carbocycles. The number of amides is 1. The normalized spacial score (nSPS) is 16.2. The van der Waals surface area contributed by atoms with Gasteiger partial charge in [-0.05, 0) is 45.0 Å². The van der Waals surface area contributed by atoms with Crippen molar-refractivity contribution in [3.8, 4) is 17.1 Å². The van der Waals surface area contributed by atoms with Crippen molar-refractivity contribution in [3.63, 3.8) is 0 Å². The molecule has 1 fully saturated rings. The predicted octanol–water partition coefficient (Wildman–Crippen LogP) is 1.20. The van der Waals surface area contributed by atoms with Crippen LogP contribution in [0.15, 0.2) is 29.4 Å². The van der Waals surface area contributed by atoms with Crippen LogP contribution in [-0.2, 0) is 11.3 Å². The van der Waals surface area contributed by atoms with Crippen molar-refractivity contribution in [2.24, 2.45) is 0 Å². The Kier molecular flexibility index (Phi) is 6.96. The van der Waals surface area contributed by atoms with E-state index < -0.39 is 0 Å². The number of hydrogen-bond acceptors (Lipinski definition) is 5. The zero-order chi connectivity index (χ0) is 20.1. The minimum Gasteiger partial charge on any atom is -0.497 e. The number of hydrogen-bond donors (Lipinski definition) is 1. The van der Waals surface area contributed by atoms with Crippen LogP contribution in [-0.4, -0.2) is 70.7 Å². The molecule has 1 amide bonds. The number of quaternary nitrogens is 1. The Balaban J connectivity index is 1.70. The summed E-state index contributed by atoms with van der Waals surface area (Å²) in [6.07, 6.45) is 0. The molecular formula is C20H30N5O2S+. The maximum absolute atomic E-state index is 12.9. The van der Waals surface area contributed by atoms with Crippen LogP contribution in [0, 0.1) is 0 Å². The molecule has 0 aliphatic carbocycles. The highest BCUT2D eigenvalue weighted by Gasteiger charge is 2.28. The lowest BCUT2D eigenvalue weighted by atomic mass is 10.2. The van der Waals surface area contributed by atoms with E-state index in [0.29, 0.717) is 0 Å². The summed E-state index contributed by atoms with van der Waals surface area (Å²) >= 11 is 1.49. The molecular weight excluding hydrogens is 374 g/mol. The number of carbonyl (C=O) groups excluding carboxylic acids is 1. The summed E-state index contributed by atoms with van der Waals surface area (Å²) in [5, 5.41) is 9.36. The van der Waals surface area contributed by atoms with Crippen LogP contribution in [0.4, 0.5) is 0 Å². The monoisotopic (exact) mass is 404 g/mol. The number of benzene rings is 1. The van der Waals surface area contributed by atoms with Crippen molar-refractivity contribution in [1.29, 1.82) is 0 Å². The van der Waals surface area contributed by atoms with E-state index in [2.05, 4.69) is 28.6 Å². The van der Waals surface area contributed by atoms with Gasteiger partial charge in [0.1, 0.15) is 5.75 Å². The number of piperazine rings is 1. The molecule has 1 aliphatic rings. The Morgan fingerprint density at radius 3 is 2.46 bits per heavy atom. The number of ether oxygens (including phenoxy) is 1. The highest BCUT2D eigenvalue weighted by Crippen LogP contribution is 2.28. The number of nitrogens with one attached hydrogen (secondary N) is 1. The van der Waals surface area contributed by atoms with Crippen LogP contribution in [0.2, 0.25) is 0 Å². The SMILES string of the molecule is CCn1c(S[C@@H](C)C(=O)N2CC[NH+](CC)CC2)nnc1-c1ccc(OC)cc1. The minimum absolute atomic E-state index is 0.179. The summed E-state index contributed by atoms with van der Waals surface area (Å²) in [5.41, 5.74) is 0.986. The van der Waals surface area contributed by atoms with Crippen molar-refractivity contribution < 1.29 is 14.4 Å². The third kappa shape index (κ3) is 4.50. The van der Waals surface area contributed by atoms with Crippen molar-refractivity contribution >= 4 is 17.7 Å². The molecule has 1 aromatic heterocycles. The zero-order valence-corrected chi connectivity index (χ0v) is 18.0. The summed E-state index contributed by atoms with van der Waals surface area (Å²) < 4.78 is 7.29. The Morgan fingerprint density at radius 1 is 1.21 bits per heavy atom. The molecule has 1 atom stereocenters. The first kappa shape index (κ1) is 20.7. The highest BCUT2D eigenvalue weighted by atomic mass is 32.2. The molecule has 28 heavy (non-hydrogen) atoms. The summed E-state index contributed by atoms with van der Waals surface area (Å²) in [4.78, 5) is 16.4. The molecule has 1 saturated heterocycles. The number of likely N-dealkylation sites (N-methyl/N-ethyl adjacent to an activating group) is 1. The topological polar surface area (TPSA) is 64.7 Å². The fourth-order valence-corrected chi connectivity index (χ4v) is 4.47. The average molecular weight is 405 g/mol. The first-order valence-electron chi connectivity index (χ1n) is 9.94. The van der Waals surface area contributed by atoms with Crippen molar-refractivity contribution in [1.82, 2.24) is 19.7 Å². The number of carbonyl (C=O) groups is 1. The van der Waals surface area contributed by atoms with Gasteiger partial charge in [0.15, 0.2) is 11.0 Å². The zero-order valence-electron chi connectivity index (χ0n) is 17.1. The van der Waals surface area contributed by atoms with Crippen molar-refractivity contribution in [2.75, 3.05) is 39.8 Å². The lowest BCUT2D eigenvalue weighted by molar-refractivity contribution is -0.902. The van der Waals surface area contributed by atoms with E-state index in [-0.39, 0.29) is 11.2 Å². The summed E-state index contributed by atoms with van der Waals surface area (Å²) in [6, 6.07) is 7.79. The van der Waals surface area contributed by atoms with E-state index in [9.17, 15) is 4.79 Å². The van der Waals surface area contributed by atoms with Gasteiger partial charge in [0, 0.05) is 12.1 Å². The van der Waals surface area contributed by atoms with Crippen LogP contribution in [0.3, 0.4) is 0 Å². The summed E-state index contributed by atoms with van der Waals surface area (Å²) in [5.74, 6) is 1.81. The Bertz CT molecular complexity index is 784.